The Balaban J connectivity index is 1.75. The molecular formula is C23H25ClN2O5S. The molecule has 0 unspecified atom stereocenters. The summed E-state index contributed by atoms with van der Waals surface area (Å²) in [6.07, 6.45) is -0.429. The molecule has 4 rings (SSSR count). The first-order chi connectivity index (χ1) is 15.2. The lowest BCUT2D eigenvalue weighted by Crippen LogP contribution is -2.43. The van der Waals surface area contributed by atoms with Crippen molar-refractivity contribution in [3.05, 3.63) is 74.5 Å². The van der Waals surface area contributed by atoms with Gasteiger partial charge in [0.25, 0.3) is 5.56 Å². The maximum Gasteiger partial charge on any atom is 0.252 e. The van der Waals surface area contributed by atoms with Crippen LogP contribution in [0.1, 0.15) is 16.7 Å². The van der Waals surface area contributed by atoms with E-state index in [1.807, 2.05) is 26.0 Å². The Labute approximate surface area is 192 Å². The largest absolute Gasteiger partial charge is 0.376 e. The summed E-state index contributed by atoms with van der Waals surface area (Å²) in [5.74, 6) is 0. The summed E-state index contributed by atoms with van der Waals surface area (Å²) in [6, 6.07) is 11.8. The fourth-order valence-corrected chi connectivity index (χ4v) is 5.67. The fraction of sp³-hybridized carbons (Fsp3) is 0.348. The van der Waals surface area contributed by atoms with Crippen LogP contribution in [0.25, 0.3) is 10.9 Å². The van der Waals surface area contributed by atoms with Crippen LogP contribution < -0.4 is 5.56 Å². The van der Waals surface area contributed by atoms with E-state index in [1.165, 1.54) is 16.4 Å². The highest BCUT2D eigenvalue weighted by molar-refractivity contribution is 7.89. The van der Waals surface area contributed by atoms with Crippen LogP contribution in [-0.2, 0) is 26.0 Å². The first-order valence-corrected chi connectivity index (χ1v) is 12.1. The van der Waals surface area contributed by atoms with Crippen LogP contribution in [0.4, 0.5) is 0 Å². The standard InChI is InChI=1S/C23H25ClN2O5S/c1-15-8-16(2)21-10-17(23(27)25-22(21)9-15)12-26(13-19-14-30-6-7-31-19)32(28,29)20-5-3-4-18(24)11-20/h3-5,8-11,19H,6-7,12-14H2,1-2H3,(H,25,27)/t19-/m0/s1. The number of ether oxygens (including phenoxy) is 2. The smallest absolute Gasteiger partial charge is 0.252 e. The second kappa shape index (κ2) is 9.33. The van der Waals surface area contributed by atoms with Crippen molar-refractivity contribution in [3.63, 3.8) is 0 Å². The summed E-state index contributed by atoms with van der Waals surface area (Å²) in [6.45, 7) is 5.03. The molecule has 1 N–H and O–H groups in total. The first kappa shape index (κ1) is 22.9. The van der Waals surface area contributed by atoms with Gasteiger partial charge in [-0.1, -0.05) is 23.7 Å². The van der Waals surface area contributed by atoms with E-state index < -0.39 is 16.1 Å². The molecule has 1 atom stereocenters. The maximum atomic E-state index is 13.5. The van der Waals surface area contributed by atoms with E-state index in [9.17, 15) is 13.2 Å². The minimum atomic E-state index is -3.95. The van der Waals surface area contributed by atoms with Crippen LogP contribution >= 0.6 is 11.6 Å². The van der Waals surface area contributed by atoms with E-state index in [4.69, 9.17) is 21.1 Å². The molecule has 0 bridgehead atoms. The lowest BCUT2D eigenvalue weighted by molar-refractivity contribution is -0.0923. The molecule has 0 radical (unpaired) electrons. The highest BCUT2D eigenvalue weighted by Crippen LogP contribution is 2.24. The number of aromatic nitrogens is 1. The number of benzene rings is 2. The Bertz CT molecular complexity index is 1300. The molecule has 0 amide bonds. The van der Waals surface area contributed by atoms with Gasteiger partial charge < -0.3 is 14.5 Å². The number of rotatable bonds is 6. The third-order valence-electron chi connectivity index (χ3n) is 5.46. The number of H-pyrrole nitrogens is 1. The van der Waals surface area contributed by atoms with Crippen molar-refractivity contribution in [1.82, 2.24) is 9.29 Å². The zero-order valence-corrected chi connectivity index (χ0v) is 19.5. The molecule has 9 heteroatoms. The minimum absolute atomic E-state index is 0.0548. The van der Waals surface area contributed by atoms with Gasteiger partial charge in [-0.2, -0.15) is 4.31 Å². The number of nitrogens with one attached hydrogen (secondary N) is 1. The molecule has 32 heavy (non-hydrogen) atoms. The zero-order chi connectivity index (χ0) is 22.9. The number of fused-ring (bicyclic) bond motifs is 1. The lowest BCUT2D eigenvalue weighted by Gasteiger charge is -2.29. The molecule has 1 aliphatic heterocycles. The van der Waals surface area contributed by atoms with E-state index in [1.54, 1.807) is 18.2 Å². The van der Waals surface area contributed by atoms with Crippen LogP contribution in [0.5, 0.6) is 0 Å². The van der Waals surface area contributed by atoms with Gasteiger partial charge in [0.1, 0.15) is 0 Å². The molecule has 2 heterocycles. The number of hydrogen-bond donors (Lipinski definition) is 1. The molecule has 1 aromatic heterocycles. The Morgan fingerprint density at radius 2 is 1.97 bits per heavy atom. The SMILES string of the molecule is Cc1cc(C)c2cc(CN(C[C@H]3COCCO3)S(=O)(=O)c3cccc(Cl)c3)c(=O)[nH]c2c1. The van der Waals surface area contributed by atoms with Gasteiger partial charge >= 0.3 is 0 Å². The number of aromatic amines is 1. The van der Waals surface area contributed by atoms with Crippen molar-refractivity contribution in [3.8, 4) is 0 Å². The summed E-state index contributed by atoms with van der Waals surface area (Å²) >= 11 is 6.05. The first-order valence-electron chi connectivity index (χ1n) is 10.3. The topological polar surface area (TPSA) is 88.7 Å². The maximum absolute atomic E-state index is 13.5. The molecule has 0 aliphatic carbocycles. The van der Waals surface area contributed by atoms with Gasteiger partial charge in [0.15, 0.2) is 0 Å². The second-order valence-corrected chi connectivity index (χ2v) is 10.4. The van der Waals surface area contributed by atoms with Gasteiger partial charge in [-0.05, 0) is 55.3 Å². The summed E-state index contributed by atoms with van der Waals surface area (Å²) in [5.41, 5.74) is 2.80. The van der Waals surface area contributed by atoms with Crippen molar-refractivity contribution in [2.75, 3.05) is 26.4 Å². The fourth-order valence-electron chi connectivity index (χ4n) is 3.92. The number of pyridine rings is 1. The molecule has 3 aromatic rings. The number of aryl methyl sites for hydroxylation is 2. The summed E-state index contributed by atoms with van der Waals surface area (Å²) in [5, 5.41) is 1.19. The van der Waals surface area contributed by atoms with Crippen LogP contribution in [0, 0.1) is 13.8 Å². The predicted octanol–water partition coefficient (Wildman–Crippen LogP) is 3.40. The van der Waals surface area contributed by atoms with E-state index in [2.05, 4.69) is 4.98 Å². The van der Waals surface area contributed by atoms with Crippen LogP contribution in [0.15, 0.2) is 52.2 Å². The molecular weight excluding hydrogens is 452 g/mol. The predicted molar refractivity (Wildman–Crippen MR) is 124 cm³/mol. The monoisotopic (exact) mass is 476 g/mol. The highest BCUT2D eigenvalue weighted by atomic mass is 35.5. The summed E-state index contributed by atoms with van der Waals surface area (Å²) < 4.78 is 39.4. The Hall–Kier alpha value is -2.23. The van der Waals surface area contributed by atoms with Crippen molar-refractivity contribution in [2.24, 2.45) is 0 Å². The number of sulfonamides is 1. The molecule has 1 saturated heterocycles. The summed E-state index contributed by atoms with van der Waals surface area (Å²) in [7, 11) is -3.95. The van der Waals surface area contributed by atoms with Gasteiger partial charge in [0.05, 0.1) is 30.8 Å². The molecule has 0 saturated carbocycles. The number of halogens is 1. The summed E-state index contributed by atoms with van der Waals surface area (Å²) in [4.78, 5) is 15.8. The van der Waals surface area contributed by atoms with E-state index in [0.29, 0.717) is 23.8 Å². The third-order valence-corrected chi connectivity index (χ3v) is 7.51. The molecule has 7 nitrogen and oxygen atoms in total. The van der Waals surface area contributed by atoms with E-state index in [0.717, 1.165) is 22.0 Å². The van der Waals surface area contributed by atoms with E-state index in [-0.39, 0.29) is 30.2 Å². The Morgan fingerprint density at radius 3 is 2.69 bits per heavy atom. The average molecular weight is 477 g/mol. The molecule has 0 spiro atoms. The number of nitrogens with zero attached hydrogens (tertiary/aromatic N) is 1. The van der Waals surface area contributed by atoms with Crippen molar-refractivity contribution >= 4 is 32.5 Å². The van der Waals surface area contributed by atoms with Crippen LogP contribution in [-0.4, -0.2) is 50.2 Å². The van der Waals surface area contributed by atoms with Crippen molar-refractivity contribution in [2.45, 2.75) is 31.4 Å². The number of hydrogen-bond acceptors (Lipinski definition) is 5. The molecule has 1 fully saturated rings. The van der Waals surface area contributed by atoms with E-state index >= 15 is 0 Å². The minimum Gasteiger partial charge on any atom is -0.376 e. The van der Waals surface area contributed by atoms with Gasteiger partial charge in [-0.15, -0.1) is 0 Å². The molecule has 170 valence electrons. The van der Waals surface area contributed by atoms with Gasteiger partial charge in [-0.25, -0.2) is 8.42 Å². The third kappa shape index (κ3) is 4.89. The van der Waals surface area contributed by atoms with Crippen molar-refractivity contribution in [1.29, 1.82) is 0 Å². The van der Waals surface area contributed by atoms with Gasteiger partial charge in [0, 0.05) is 34.6 Å². The Kier molecular flexibility index (Phi) is 6.69. The average Bonchev–Trinajstić information content (AvgIpc) is 2.74. The Morgan fingerprint density at radius 1 is 1.16 bits per heavy atom. The molecule has 2 aromatic carbocycles. The van der Waals surface area contributed by atoms with Gasteiger partial charge in [-0.3, -0.25) is 4.79 Å². The quantitative estimate of drug-likeness (QED) is 0.589. The van der Waals surface area contributed by atoms with Crippen LogP contribution in [0.2, 0.25) is 5.02 Å². The van der Waals surface area contributed by atoms with Crippen LogP contribution in [0.3, 0.4) is 0 Å². The highest BCUT2D eigenvalue weighted by Gasteiger charge is 2.30. The molecule has 1 aliphatic rings. The second-order valence-electron chi connectivity index (χ2n) is 7.99. The lowest BCUT2D eigenvalue weighted by atomic mass is 10.0. The normalized spacial score (nSPS) is 17.2. The van der Waals surface area contributed by atoms with Gasteiger partial charge in [0.2, 0.25) is 10.0 Å². The van der Waals surface area contributed by atoms with Crippen molar-refractivity contribution < 1.29 is 17.9 Å². The zero-order valence-electron chi connectivity index (χ0n) is 17.9.